The second-order valence-corrected chi connectivity index (χ2v) is 4.90. The van der Waals surface area contributed by atoms with E-state index in [0.717, 1.165) is 31.4 Å². The van der Waals surface area contributed by atoms with E-state index in [-0.39, 0.29) is 18.6 Å². The van der Waals surface area contributed by atoms with Crippen molar-refractivity contribution in [3.63, 3.8) is 0 Å². The molecule has 2 unspecified atom stereocenters. The van der Waals surface area contributed by atoms with Gasteiger partial charge in [-0.25, -0.2) is 0 Å². The van der Waals surface area contributed by atoms with Crippen LogP contribution in [0.4, 0.5) is 0 Å². The molecule has 1 saturated heterocycles. The summed E-state index contributed by atoms with van der Waals surface area (Å²) in [6.45, 7) is 1.08. The Hall–Kier alpha value is -1.39. The minimum Gasteiger partial charge on any atom is -0.387 e. The van der Waals surface area contributed by atoms with Gasteiger partial charge in [-0.1, -0.05) is 30.3 Å². The Morgan fingerprint density at radius 2 is 2.21 bits per heavy atom. The average molecular weight is 263 g/mol. The number of hydrogen-bond donors (Lipinski definition) is 2. The molecule has 1 aromatic rings. The summed E-state index contributed by atoms with van der Waals surface area (Å²) in [5, 5.41) is 12.7. The van der Waals surface area contributed by atoms with Gasteiger partial charge in [0.05, 0.1) is 12.2 Å². The van der Waals surface area contributed by atoms with E-state index in [9.17, 15) is 9.90 Å². The first kappa shape index (κ1) is 14.0. The molecule has 4 nitrogen and oxygen atoms in total. The van der Waals surface area contributed by atoms with Crippen LogP contribution in [0.2, 0.25) is 0 Å². The predicted octanol–water partition coefficient (Wildman–Crippen LogP) is 1.80. The molecule has 0 bridgehead atoms. The largest absolute Gasteiger partial charge is 0.387 e. The van der Waals surface area contributed by atoms with Crippen LogP contribution in [0.15, 0.2) is 30.3 Å². The Morgan fingerprint density at radius 1 is 1.42 bits per heavy atom. The van der Waals surface area contributed by atoms with Gasteiger partial charge in [0.2, 0.25) is 5.91 Å². The fourth-order valence-corrected chi connectivity index (χ4v) is 2.26. The zero-order chi connectivity index (χ0) is 13.5. The molecule has 0 saturated carbocycles. The van der Waals surface area contributed by atoms with Crippen molar-refractivity contribution in [1.82, 2.24) is 5.32 Å². The van der Waals surface area contributed by atoms with Crippen molar-refractivity contribution < 1.29 is 14.6 Å². The molecule has 4 heteroatoms. The van der Waals surface area contributed by atoms with Crippen LogP contribution in [-0.2, 0) is 9.53 Å². The standard InChI is InChI=1S/C15H21NO3/c17-14(12-5-2-1-3-6-12)11-16-15(18)9-8-13-7-4-10-19-13/h1-3,5-6,13-14,17H,4,7-11H2,(H,16,18). The van der Waals surface area contributed by atoms with E-state index in [2.05, 4.69) is 5.32 Å². The van der Waals surface area contributed by atoms with Gasteiger partial charge < -0.3 is 15.2 Å². The number of amides is 1. The summed E-state index contributed by atoms with van der Waals surface area (Å²) >= 11 is 0. The number of rotatable bonds is 6. The van der Waals surface area contributed by atoms with Gasteiger partial charge >= 0.3 is 0 Å². The molecule has 104 valence electrons. The van der Waals surface area contributed by atoms with Crippen LogP contribution in [0.5, 0.6) is 0 Å². The molecule has 2 atom stereocenters. The summed E-state index contributed by atoms with van der Waals surface area (Å²) in [5.41, 5.74) is 0.821. The second-order valence-electron chi connectivity index (χ2n) is 4.90. The lowest BCUT2D eigenvalue weighted by Gasteiger charge is -2.13. The highest BCUT2D eigenvalue weighted by molar-refractivity contribution is 5.75. The molecule has 2 N–H and O–H groups in total. The molecule has 1 aromatic carbocycles. The van der Waals surface area contributed by atoms with Crippen molar-refractivity contribution in [1.29, 1.82) is 0 Å². The molecule has 1 fully saturated rings. The number of aliphatic hydroxyl groups excluding tert-OH is 1. The van der Waals surface area contributed by atoms with Crippen LogP contribution in [0.1, 0.15) is 37.4 Å². The summed E-state index contributed by atoms with van der Waals surface area (Å²) in [7, 11) is 0. The first-order valence-corrected chi connectivity index (χ1v) is 6.87. The third kappa shape index (κ3) is 4.65. The molecule has 0 aliphatic carbocycles. The van der Waals surface area contributed by atoms with Gasteiger partial charge in [0, 0.05) is 19.6 Å². The third-order valence-electron chi connectivity index (χ3n) is 3.39. The van der Waals surface area contributed by atoms with Crippen molar-refractivity contribution in [3.05, 3.63) is 35.9 Å². The maximum Gasteiger partial charge on any atom is 0.220 e. The van der Waals surface area contributed by atoms with Gasteiger partial charge in [0.25, 0.3) is 0 Å². The van der Waals surface area contributed by atoms with E-state index in [4.69, 9.17) is 4.74 Å². The maximum atomic E-state index is 11.7. The van der Waals surface area contributed by atoms with Gasteiger partial charge in [-0.05, 0) is 24.8 Å². The van der Waals surface area contributed by atoms with Gasteiger partial charge in [-0.15, -0.1) is 0 Å². The van der Waals surface area contributed by atoms with E-state index >= 15 is 0 Å². The smallest absolute Gasteiger partial charge is 0.220 e. The molecular weight excluding hydrogens is 242 g/mol. The molecule has 19 heavy (non-hydrogen) atoms. The fraction of sp³-hybridized carbons (Fsp3) is 0.533. The molecule has 1 amide bonds. The minimum atomic E-state index is -0.645. The molecule has 1 heterocycles. The lowest BCUT2D eigenvalue weighted by atomic mass is 10.1. The van der Waals surface area contributed by atoms with Crippen LogP contribution in [0.3, 0.4) is 0 Å². The first-order valence-electron chi connectivity index (χ1n) is 6.87. The highest BCUT2D eigenvalue weighted by Crippen LogP contribution is 2.16. The predicted molar refractivity (Wildman–Crippen MR) is 72.6 cm³/mol. The SMILES string of the molecule is O=C(CCC1CCCO1)NCC(O)c1ccccc1. The molecule has 0 spiro atoms. The number of carbonyl (C=O) groups is 1. The Morgan fingerprint density at radius 3 is 2.89 bits per heavy atom. The monoisotopic (exact) mass is 263 g/mol. The molecule has 0 aromatic heterocycles. The highest BCUT2D eigenvalue weighted by atomic mass is 16.5. The maximum absolute atomic E-state index is 11.7. The Labute approximate surface area is 113 Å². The summed E-state index contributed by atoms with van der Waals surface area (Å²) in [5.74, 6) is -0.0227. The minimum absolute atomic E-state index is 0.0227. The Kier molecular flexibility index (Phi) is 5.36. The topological polar surface area (TPSA) is 58.6 Å². The van der Waals surface area contributed by atoms with Crippen LogP contribution in [0.25, 0.3) is 0 Å². The van der Waals surface area contributed by atoms with Gasteiger partial charge in [0.1, 0.15) is 0 Å². The summed E-state index contributed by atoms with van der Waals surface area (Å²) < 4.78 is 5.47. The number of carbonyl (C=O) groups excluding carboxylic acids is 1. The van der Waals surface area contributed by atoms with E-state index in [1.54, 1.807) is 0 Å². The van der Waals surface area contributed by atoms with Gasteiger partial charge in [-0.2, -0.15) is 0 Å². The van der Waals surface area contributed by atoms with E-state index in [1.165, 1.54) is 0 Å². The second kappa shape index (κ2) is 7.26. The zero-order valence-electron chi connectivity index (χ0n) is 11.0. The first-order chi connectivity index (χ1) is 9.25. The number of benzene rings is 1. The average Bonchev–Trinajstić information content (AvgIpc) is 2.96. The van der Waals surface area contributed by atoms with E-state index in [0.29, 0.717) is 6.42 Å². The van der Waals surface area contributed by atoms with E-state index in [1.807, 2.05) is 30.3 Å². The lowest BCUT2D eigenvalue weighted by Crippen LogP contribution is -2.28. The third-order valence-corrected chi connectivity index (χ3v) is 3.39. The number of aliphatic hydroxyl groups is 1. The Bertz CT molecular complexity index is 388. The summed E-state index contributed by atoms with van der Waals surface area (Å²) in [6.07, 6.45) is 2.98. The quantitative estimate of drug-likeness (QED) is 0.822. The lowest BCUT2D eigenvalue weighted by molar-refractivity contribution is -0.122. The fourth-order valence-electron chi connectivity index (χ4n) is 2.26. The number of hydrogen-bond acceptors (Lipinski definition) is 3. The number of ether oxygens (including phenoxy) is 1. The van der Waals surface area contributed by atoms with Crippen molar-refractivity contribution in [2.45, 2.75) is 37.9 Å². The van der Waals surface area contributed by atoms with Crippen molar-refractivity contribution >= 4 is 5.91 Å². The van der Waals surface area contributed by atoms with Crippen LogP contribution in [-0.4, -0.2) is 30.3 Å². The normalized spacial score (nSPS) is 20.2. The van der Waals surface area contributed by atoms with Crippen LogP contribution >= 0.6 is 0 Å². The zero-order valence-corrected chi connectivity index (χ0v) is 11.0. The Balaban J connectivity index is 1.65. The van der Waals surface area contributed by atoms with Gasteiger partial charge in [-0.3, -0.25) is 4.79 Å². The van der Waals surface area contributed by atoms with Crippen LogP contribution in [0, 0.1) is 0 Å². The van der Waals surface area contributed by atoms with Gasteiger partial charge in [0.15, 0.2) is 0 Å². The van der Waals surface area contributed by atoms with Crippen LogP contribution < -0.4 is 5.32 Å². The van der Waals surface area contributed by atoms with E-state index < -0.39 is 6.10 Å². The summed E-state index contributed by atoms with van der Waals surface area (Å²) in [6, 6.07) is 9.35. The highest BCUT2D eigenvalue weighted by Gasteiger charge is 2.17. The molecular formula is C15H21NO3. The molecule has 1 aliphatic heterocycles. The molecule has 1 aliphatic rings. The van der Waals surface area contributed by atoms with Crippen molar-refractivity contribution in [2.24, 2.45) is 0 Å². The number of nitrogens with one attached hydrogen (secondary N) is 1. The molecule has 2 rings (SSSR count). The van der Waals surface area contributed by atoms with Crippen molar-refractivity contribution in [2.75, 3.05) is 13.2 Å². The summed E-state index contributed by atoms with van der Waals surface area (Å²) in [4.78, 5) is 11.7. The van der Waals surface area contributed by atoms with Crippen molar-refractivity contribution in [3.8, 4) is 0 Å². The molecule has 0 radical (unpaired) electrons.